The van der Waals surface area contributed by atoms with Gasteiger partial charge in [0.25, 0.3) is 0 Å². The lowest BCUT2D eigenvalue weighted by molar-refractivity contribution is 0.286. The predicted octanol–water partition coefficient (Wildman–Crippen LogP) is 7.11. The highest BCUT2D eigenvalue weighted by molar-refractivity contribution is 6.96. The van der Waals surface area contributed by atoms with Crippen molar-refractivity contribution in [3.63, 3.8) is 0 Å². The normalized spacial score (nSPS) is 11.9. The first-order valence-electron chi connectivity index (χ1n) is 20.7. The number of hydrogen-bond donors (Lipinski definition) is 0. The topological polar surface area (TPSA) is 55.4 Å². The molecule has 0 saturated heterocycles. The standard InChI is InChI=1S/C54H54O6Si8/c1-19-21-23-25-26-27-28-29-30-31-32-33-34-35-36-37-38-39-40-41-42-43-44-45-46-47-48-50-52-67(17,58-65(14,15)56-62(6,7)8)60-68(18,54-53-64(12,13)55-61(3,4)5)59-66(16,57-63(9,10)11)51-49-24-22-20-2/h1-2H,53-54H2,3-18H3. The SMILES string of the molecule is C#CC#CC#CC#CC#CC#CC#CC#CC#CC#CC#CC#CC#CC#CC#C[Si](C)(O[Si](C)(C)O[Si](C)(C)C)O[Si](C)(CC[Si](C)(C)O[Si](C)(C)C)O[Si](C)(C#CC#CC#C)O[Si](C)(C)C. The Morgan fingerprint density at radius 2 is 0.515 bits per heavy atom. The smallest absolute Gasteiger partial charge is 0.404 e. The molecule has 0 bridgehead atoms. The number of rotatable bonds is 15. The molecule has 0 heterocycles. The molecule has 0 N–H and O–H groups in total. The Balaban J connectivity index is 6.57. The van der Waals surface area contributed by atoms with E-state index < -0.39 is 67.5 Å². The highest BCUT2D eigenvalue weighted by atomic mass is 28.5. The summed E-state index contributed by atoms with van der Waals surface area (Å²) in [6, 6.07) is 1.40. The maximum atomic E-state index is 7.25. The Labute approximate surface area is 419 Å². The van der Waals surface area contributed by atoms with Crippen LogP contribution in [-0.4, -0.2) is 67.5 Å². The first-order valence-corrected chi connectivity index (χ1v) is 44.0. The quantitative estimate of drug-likeness (QED) is 0.129. The monoisotopic (exact) mass is 1020 g/mol. The molecule has 0 aromatic heterocycles. The van der Waals surface area contributed by atoms with E-state index in [9.17, 15) is 0 Å². The van der Waals surface area contributed by atoms with Gasteiger partial charge in [0.15, 0.2) is 33.3 Å². The molecule has 0 aliphatic rings. The molecule has 0 amide bonds. The van der Waals surface area contributed by atoms with Gasteiger partial charge in [-0.05, 0) is 235 Å². The van der Waals surface area contributed by atoms with E-state index in [1.54, 1.807) is 0 Å². The molecule has 0 aliphatic heterocycles. The zero-order valence-electron chi connectivity index (χ0n) is 42.0. The van der Waals surface area contributed by atoms with Crippen molar-refractivity contribution in [1.82, 2.24) is 0 Å². The van der Waals surface area contributed by atoms with E-state index in [0.29, 0.717) is 6.04 Å². The van der Waals surface area contributed by atoms with E-state index >= 15 is 0 Å². The van der Waals surface area contributed by atoms with Gasteiger partial charge in [-0.2, -0.15) is 0 Å². The Hall–Kier alpha value is -6.42. The zero-order chi connectivity index (χ0) is 51.7. The molecular weight excluding hydrogens is 969 g/mol. The van der Waals surface area contributed by atoms with Gasteiger partial charge in [0, 0.05) is 71.0 Å². The Morgan fingerprint density at radius 1 is 0.265 bits per heavy atom. The van der Waals surface area contributed by atoms with Crippen LogP contribution in [0, 0.1) is 213 Å². The Morgan fingerprint density at radius 3 is 0.794 bits per heavy atom. The molecular formula is C54H54O6Si8. The van der Waals surface area contributed by atoms with Crippen molar-refractivity contribution in [2.75, 3.05) is 0 Å². The fourth-order valence-electron chi connectivity index (χ4n) is 5.48. The Bertz CT molecular complexity index is 3060. The van der Waals surface area contributed by atoms with E-state index in [1.807, 2.05) is 32.7 Å². The highest BCUT2D eigenvalue weighted by Gasteiger charge is 2.52. The number of terminal acetylenes is 2. The van der Waals surface area contributed by atoms with Crippen LogP contribution in [0.3, 0.4) is 0 Å². The van der Waals surface area contributed by atoms with Gasteiger partial charge in [-0.1, -0.05) is 11.1 Å². The van der Waals surface area contributed by atoms with E-state index in [0.717, 1.165) is 6.04 Å². The molecule has 0 aliphatic carbocycles. The maximum absolute atomic E-state index is 7.25. The summed E-state index contributed by atoms with van der Waals surface area (Å²) in [7, 11) is -20.9. The second kappa shape index (κ2) is 30.8. The first kappa shape index (κ1) is 61.6. The van der Waals surface area contributed by atoms with Crippen LogP contribution in [-0.2, 0) is 24.7 Å². The van der Waals surface area contributed by atoms with Crippen LogP contribution < -0.4 is 0 Å². The van der Waals surface area contributed by atoms with Crippen LogP contribution in [0.2, 0.25) is 117 Å². The predicted molar refractivity (Wildman–Crippen MR) is 298 cm³/mol. The first-order chi connectivity index (χ1) is 31.6. The Kier molecular flexibility index (Phi) is 27.9. The summed E-state index contributed by atoms with van der Waals surface area (Å²) in [5, 5.41) is 0. The second-order valence-corrected chi connectivity index (χ2v) is 49.4. The summed E-state index contributed by atoms with van der Waals surface area (Å²) in [5.74, 6) is 81.9. The van der Waals surface area contributed by atoms with E-state index in [2.05, 4.69) is 273 Å². The largest absolute Gasteiger partial charge is 0.456 e. The minimum atomic E-state index is -3.45. The van der Waals surface area contributed by atoms with Crippen molar-refractivity contribution in [1.29, 1.82) is 0 Å². The molecule has 0 aromatic carbocycles. The average Bonchev–Trinajstić information content (AvgIpc) is 3.17. The maximum Gasteiger partial charge on any atom is 0.404 e. The minimum absolute atomic E-state index is 0.607. The van der Waals surface area contributed by atoms with Crippen molar-refractivity contribution in [3.05, 3.63) is 0 Å². The molecule has 3 atom stereocenters. The minimum Gasteiger partial charge on any atom is -0.456 e. The van der Waals surface area contributed by atoms with Crippen molar-refractivity contribution < 1.29 is 24.7 Å². The second-order valence-electron chi connectivity index (χ2n) is 17.9. The third-order valence-electron chi connectivity index (χ3n) is 6.55. The molecule has 0 fully saturated rings. The van der Waals surface area contributed by atoms with Crippen LogP contribution in [0.1, 0.15) is 0 Å². The summed E-state index contributed by atoms with van der Waals surface area (Å²) in [5.41, 5.74) is 6.54. The van der Waals surface area contributed by atoms with E-state index in [-0.39, 0.29) is 0 Å². The van der Waals surface area contributed by atoms with Gasteiger partial charge in [0.1, 0.15) is 0 Å². The third kappa shape index (κ3) is 36.8. The van der Waals surface area contributed by atoms with Crippen molar-refractivity contribution in [3.8, 4) is 213 Å². The summed E-state index contributed by atoms with van der Waals surface area (Å²) in [4.78, 5) is 0. The highest BCUT2D eigenvalue weighted by Crippen LogP contribution is 2.33. The fourth-order valence-corrected chi connectivity index (χ4v) is 42.0. The lowest BCUT2D eigenvalue weighted by atomic mass is 10.4. The lowest BCUT2D eigenvalue weighted by Crippen LogP contribution is -2.62. The third-order valence-corrected chi connectivity index (χ3v) is 34.0. The van der Waals surface area contributed by atoms with Gasteiger partial charge in [-0.25, -0.2) is 0 Å². The van der Waals surface area contributed by atoms with Gasteiger partial charge in [0.2, 0.25) is 0 Å². The van der Waals surface area contributed by atoms with Crippen LogP contribution in [0.5, 0.6) is 0 Å². The zero-order valence-corrected chi connectivity index (χ0v) is 50.0. The summed E-state index contributed by atoms with van der Waals surface area (Å²) < 4.78 is 41.5. The van der Waals surface area contributed by atoms with Gasteiger partial charge in [-0.15, -0.1) is 12.8 Å². The van der Waals surface area contributed by atoms with Crippen LogP contribution >= 0.6 is 0 Å². The summed E-state index contributed by atoms with van der Waals surface area (Å²) >= 11 is 0. The van der Waals surface area contributed by atoms with Crippen LogP contribution in [0.15, 0.2) is 0 Å². The van der Waals surface area contributed by atoms with E-state index in [1.165, 1.54) is 0 Å². The van der Waals surface area contributed by atoms with Crippen LogP contribution in [0.4, 0.5) is 0 Å². The molecule has 3 unspecified atom stereocenters. The molecule has 0 spiro atoms. The molecule has 14 heteroatoms. The molecule has 0 radical (unpaired) electrons. The molecule has 0 aromatic rings. The van der Waals surface area contributed by atoms with Gasteiger partial charge >= 0.3 is 34.2 Å². The summed E-state index contributed by atoms with van der Waals surface area (Å²) in [6.07, 6.45) is 10.4. The van der Waals surface area contributed by atoms with Crippen molar-refractivity contribution in [2.24, 2.45) is 0 Å². The van der Waals surface area contributed by atoms with Gasteiger partial charge in [-0.3, -0.25) is 0 Å². The van der Waals surface area contributed by atoms with Crippen molar-refractivity contribution in [2.45, 2.75) is 117 Å². The van der Waals surface area contributed by atoms with Gasteiger partial charge in [0.05, 0.1) is 0 Å². The fraction of sp³-hybridized carbons (Fsp3) is 0.333. The van der Waals surface area contributed by atoms with E-state index in [4.69, 9.17) is 37.5 Å². The van der Waals surface area contributed by atoms with Gasteiger partial charge < -0.3 is 24.7 Å². The summed E-state index contributed by atoms with van der Waals surface area (Å²) in [6.45, 7) is 33.8. The molecule has 338 valence electrons. The lowest BCUT2D eigenvalue weighted by Gasteiger charge is -2.43. The van der Waals surface area contributed by atoms with Crippen LogP contribution in [0.25, 0.3) is 0 Å². The number of hydrogen-bond acceptors (Lipinski definition) is 6. The average molecular weight is 1020 g/mol. The van der Waals surface area contributed by atoms with Crippen molar-refractivity contribution >= 4 is 67.5 Å². The molecule has 6 nitrogen and oxygen atoms in total. The molecule has 0 rings (SSSR count). The molecule has 68 heavy (non-hydrogen) atoms. The molecule has 0 saturated carbocycles.